The van der Waals surface area contributed by atoms with Crippen LogP contribution in [-0.4, -0.2) is 35.3 Å². The number of carbonyl (C=O) groups excluding carboxylic acids is 3. The van der Waals surface area contributed by atoms with E-state index in [4.69, 9.17) is 5.11 Å². The number of amides is 2. The summed E-state index contributed by atoms with van der Waals surface area (Å²) < 4.78 is 0. The summed E-state index contributed by atoms with van der Waals surface area (Å²) in [5, 5.41) is 13.9. The van der Waals surface area contributed by atoms with Crippen LogP contribution in [0.15, 0.2) is 48.5 Å². The Kier molecular flexibility index (Phi) is 5.62. The molecule has 128 valence electrons. The molecule has 2 aromatic rings. The summed E-state index contributed by atoms with van der Waals surface area (Å²) in [5.41, 5.74) is 1.04. The minimum atomic E-state index is -1.13. The first-order valence-corrected chi connectivity index (χ1v) is 7.39. The van der Waals surface area contributed by atoms with Crippen molar-refractivity contribution < 1.29 is 24.3 Å². The van der Waals surface area contributed by atoms with Crippen molar-refractivity contribution in [1.82, 2.24) is 10.6 Å². The molecule has 3 N–H and O–H groups in total. The zero-order chi connectivity index (χ0) is 18.4. The molecule has 0 radical (unpaired) electrons. The lowest BCUT2D eigenvalue weighted by Gasteiger charge is -2.08. The summed E-state index contributed by atoms with van der Waals surface area (Å²) >= 11 is 0. The number of benzene rings is 2. The van der Waals surface area contributed by atoms with Crippen LogP contribution in [0.25, 0.3) is 0 Å². The number of carboxylic acids is 1. The van der Waals surface area contributed by atoms with Gasteiger partial charge in [-0.1, -0.05) is 18.2 Å². The van der Waals surface area contributed by atoms with E-state index < -0.39 is 17.8 Å². The summed E-state index contributed by atoms with van der Waals surface area (Å²) in [7, 11) is 0. The molecule has 0 aliphatic carbocycles. The Bertz CT molecular complexity index is 828. The lowest BCUT2D eigenvalue weighted by Crippen LogP contribution is -2.37. The molecule has 0 aromatic heterocycles. The third-order valence-electron chi connectivity index (χ3n) is 3.42. The van der Waals surface area contributed by atoms with Crippen LogP contribution in [0.5, 0.6) is 0 Å². The zero-order valence-corrected chi connectivity index (χ0v) is 13.4. The Hall–Kier alpha value is -3.48. The lowest BCUT2D eigenvalue weighted by atomic mass is 10.1. The van der Waals surface area contributed by atoms with Crippen molar-refractivity contribution in [2.75, 3.05) is 6.67 Å². The van der Waals surface area contributed by atoms with Crippen LogP contribution in [-0.2, 0) is 0 Å². The second kappa shape index (κ2) is 7.87. The molecule has 0 atom stereocenters. The van der Waals surface area contributed by atoms with Gasteiger partial charge in [0, 0.05) is 16.7 Å². The van der Waals surface area contributed by atoms with Crippen molar-refractivity contribution in [3.05, 3.63) is 70.8 Å². The Morgan fingerprint density at radius 1 is 0.800 bits per heavy atom. The van der Waals surface area contributed by atoms with E-state index in [-0.39, 0.29) is 23.6 Å². The van der Waals surface area contributed by atoms with Crippen molar-refractivity contribution in [3.8, 4) is 0 Å². The van der Waals surface area contributed by atoms with Gasteiger partial charge >= 0.3 is 5.97 Å². The molecule has 0 fully saturated rings. The monoisotopic (exact) mass is 340 g/mol. The Morgan fingerprint density at radius 2 is 1.32 bits per heavy atom. The van der Waals surface area contributed by atoms with E-state index in [9.17, 15) is 19.2 Å². The summed E-state index contributed by atoms with van der Waals surface area (Å²) in [6.07, 6.45) is 0. The fraction of sp³-hybridized carbons (Fsp3) is 0.111. The Labute approximate surface area is 143 Å². The van der Waals surface area contributed by atoms with Crippen LogP contribution in [0.4, 0.5) is 0 Å². The topological polar surface area (TPSA) is 113 Å². The minimum Gasteiger partial charge on any atom is -0.478 e. The third kappa shape index (κ3) is 4.74. The smallest absolute Gasteiger partial charge is 0.335 e. The molecular formula is C18H16N2O5. The maximum Gasteiger partial charge on any atom is 0.335 e. The molecule has 7 nitrogen and oxygen atoms in total. The predicted molar refractivity (Wildman–Crippen MR) is 89.6 cm³/mol. The molecule has 25 heavy (non-hydrogen) atoms. The molecule has 0 unspecified atom stereocenters. The van der Waals surface area contributed by atoms with Crippen molar-refractivity contribution in [2.45, 2.75) is 6.92 Å². The number of ketones is 1. The molecule has 2 rings (SSSR count). The average Bonchev–Trinajstić information content (AvgIpc) is 2.61. The van der Waals surface area contributed by atoms with Gasteiger partial charge in [-0.2, -0.15) is 0 Å². The second-order valence-electron chi connectivity index (χ2n) is 5.21. The van der Waals surface area contributed by atoms with Gasteiger partial charge in [-0.05, 0) is 37.3 Å². The van der Waals surface area contributed by atoms with E-state index in [1.807, 2.05) is 0 Å². The number of rotatable bonds is 6. The predicted octanol–water partition coefficient (Wildman–Crippen LogP) is 1.70. The fourth-order valence-corrected chi connectivity index (χ4v) is 2.06. The number of hydrogen-bond donors (Lipinski definition) is 3. The summed E-state index contributed by atoms with van der Waals surface area (Å²) in [6.45, 7) is 1.31. The number of carbonyl (C=O) groups is 4. The quantitative estimate of drug-likeness (QED) is 0.547. The number of aromatic carboxylic acids is 1. The van der Waals surface area contributed by atoms with Gasteiger partial charge in [-0.25, -0.2) is 4.79 Å². The van der Waals surface area contributed by atoms with Gasteiger partial charge in [0.05, 0.1) is 12.2 Å². The largest absolute Gasteiger partial charge is 0.478 e. The molecule has 2 aromatic carbocycles. The van der Waals surface area contributed by atoms with E-state index in [0.29, 0.717) is 11.1 Å². The number of carboxylic acid groups (broad SMARTS) is 1. The Balaban J connectivity index is 1.90. The molecule has 2 amide bonds. The van der Waals surface area contributed by atoms with Crippen LogP contribution in [0.3, 0.4) is 0 Å². The molecule has 0 saturated heterocycles. The Morgan fingerprint density at radius 3 is 1.88 bits per heavy atom. The summed E-state index contributed by atoms with van der Waals surface area (Å²) in [6, 6.07) is 11.7. The highest BCUT2D eigenvalue weighted by Crippen LogP contribution is 2.06. The van der Waals surface area contributed by atoms with Crippen LogP contribution >= 0.6 is 0 Å². The standard InChI is InChI=1S/C18H16N2O5/c1-11(21)12-5-7-13(8-6-12)16(22)19-10-20-17(23)14-3-2-4-15(9-14)18(24)25/h2-9H,10H2,1H3,(H,19,22)(H,20,23)(H,24,25). The molecule has 0 heterocycles. The van der Waals surface area contributed by atoms with Crippen LogP contribution in [0.2, 0.25) is 0 Å². The van der Waals surface area contributed by atoms with Crippen molar-refractivity contribution in [1.29, 1.82) is 0 Å². The molecule has 0 saturated carbocycles. The second-order valence-corrected chi connectivity index (χ2v) is 5.21. The zero-order valence-electron chi connectivity index (χ0n) is 13.4. The average molecular weight is 340 g/mol. The lowest BCUT2D eigenvalue weighted by molar-refractivity contribution is 0.0696. The molecule has 0 aliphatic heterocycles. The van der Waals surface area contributed by atoms with Gasteiger partial charge in [0.25, 0.3) is 11.8 Å². The van der Waals surface area contributed by atoms with Gasteiger partial charge in [0.1, 0.15) is 0 Å². The van der Waals surface area contributed by atoms with E-state index in [1.54, 1.807) is 12.1 Å². The minimum absolute atomic E-state index is 0.00208. The highest BCUT2D eigenvalue weighted by molar-refractivity contribution is 5.99. The first kappa shape index (κ1) is 17.9. The fourth-order valence-electron chi connectivity index (χ4n) is 2.06. The van der Waals surface area contributed by atoms with Crippen molar-refractivity contribution >= 4 is 23.6 Å². The van der Waals surface area contributed by atoms with Crippen LogP contribution in [0, 0.1) is 0 Å². The molecular weight excluding hydrogens is 324 g/mol. The molecule has 0 bridgehead atoms. The number of hydrogen-bond acceptors (Lipinski definition) is 4. The van der Waals surface area contributed by atoms with Gasteiger partial charge in [-0.15, -0.1) is 0 Å². The van der Waals surface area contributed by atoms with E-state index in [0.717, 1.165) is 0 Å². The van der Waals surface area contributed by atoms with Gasteiger partial charge < -0.3 is 15.7 Å². The SMILES string of the molecule is CC(=O)c1ccc(C(=O)NCNC(=O)c2cccc(C(=O)O)c2)cc1. The maximum absolute atomic E-state index is 12.0. The molecule has 0 spiro atoms. The normalized spacial score (nSPS) is 9.96. The van der Waals surface area contributed by atoms with Gasteiger partial charge in [0.2, 0.25) is 0 Å². The van der Waals surface area contributed by atoms with E-state index >= 15 is 0 Å². The molecule has 7 heteroatoms. The van der Waals surface area contributed by atoms with Crippen molar-refractivity contribution in [3.63, 3.8) is 0 Å². The maximum atomic E-state index is 12.0. The molecule has 0 aliphatic rings. The van der Waals surface area contributed by atoms with Crippen molar-refractivity contribution in [2.24, 2.45) is 0 Å². The van der Waals surface area contributed by atoms with Crippen LogP contribution in [0.1, 0.15) is 48.4 Å². The van der Waals surface area contributed by atoms with Gasteiger partial charge in [0.15, 0.2) is 5.78 Å². The third-order valence-corrected chi connectivity index (χ3v) is 3.42. The van der Waals surface area contributed by atoms with Crippen LogP contribution < -0.4 is 10.6 Å². The number of nitrogens with one attached hydrogen (secondary N) is 2. The van der Waals surface area contributed by atoms with E-state index in [2.05, 4.69) is 10.6 Å². The first-order valence-electron chi connectivity index (χ1n) is 7.39. The summed E-state index contributed by atoms with van der Waals surface area (Å²) in [4.78, 5) is 46.0. The van der Waals surface area contributed by atoms with E-state index in [1.165, 1.54) is 43.3 Å². The van der Waals surface area contributed by atoms with Gasteiger partial charge in [-0.3, -0.25) is 14.4 Å². The summed E-state index contributed by atoms with van der Waals surface area (Å²) in [5.74, 6) is -2.13. The first-order chi connectivity index (χ1) is 11.9. The number of Topliss-reactive ketones (excluding diaryl/α,β-unsaturated/α-hetero) is 1. The highest BCUT2D eigenvalue weighted by atomic mass is 16.4. The highest BCUT2D eigenvalue weighted by Gasteiger charge is 2.10.